The van der Waals surface area contributed by atoms with Crippen molar-refractivity contribution in [1.82, 2.24) is 9.97 Å². The Hall–Kier alpha value is -1.17. The lowest BCUT2D eigenvalue weighted by Gasteiger charge is -2.18. The maximum Gasteiger partial charge on any atom is 0.134 e. The van der Waals surface area contributed by atoms with Gasteiger partial charge in [-0.3, -0.25) is 4.21 Å². The maximum atomic E-state index is 11.2. The number of hydrogen-bond acceptors (Lipinski definition) is 5. The topological polar surface area (TPSA) is 66.9 Å². The molecule has 2 unspecified atom stereocenters. The number of anilines is 2. The summed E-state index contributed by atoms with van der Waals surface area (Å²) in [6.07, 6.45) is 4.48. The Morgan fingerprint density at radius 2 is 1.90 bits per heavy atom. The Morgan fingerprint density at radius 1 is 1.24 bits per heavy atom. The van der Waals surface area contributed by atoms with Crippen LogP contribution in [0, 0.1) is 6.92 Å². The molecule has 2 atom stereocenters. The fourth-order valence-corrected chi connectivity index (χ4v) is 2.61. The first-order chi connectivity index (χ1) is 9.97. The SMILES string of the molecule is CCCNc1nc(CC)nc(NC(C)CCS(C)=O)c1C. The molecule has 1 aromatic heterocycles. The molecule has 0 spiro atoms. The summed E-state index contributed by atoms with van der Waals surface area (Å²) in [7, 11) is -0.749. The number of rotatable bonds is 9. The van der Waals surface area contributed by atoms with Crippen molar-refractivity contribution in [3.63, 3.8) is 0 Å². The Kier molecular flexibility index (Phi) is 7.64. The molecule has 0 aliphatic rings. The molecule has 0 aliphatic heterocycles. The molecule has 1 rings (SSSR count). The van der Waals surface area contributed by atoms with E-state index in [2.05, 4.69) is 41.4 Å². The summed E-state index contributed by atoms with van der Waals surface area (Å²) in [6, 6.07) is 0.242. The molecule has 0 saturated carbocycles. The van der Waals surface area contributed by atoms with Crippen LogP contribution in [0.1, 0.15) is 45.0 Å². The van der Waals surface area contributed by atoms with E-state index in [1.807, 2.05) is 6.92 Å². The highest BCUT2D eigenvalue weighted by Crippen LogP contribution is 2.21. The van der Waals surface area contributed by atoms with Crippen molar-refractivity contribution in [2.45, 2.75) is 53.0 Å². The predicted molar refractivity (Wildman–Crippen MR) is 91.6 cm³/mol. The van der Waals surface area contributed by atoms with Gasteiger partial charge < -0.3 is 10.6 Å². The minimum atomic E-state index is -0.749. The lowest BCUT2D eigenvalue weighted by Crippen LogP contribution is -2.21. The third-order valence-electron chi connectivity index (χ3n) is 3.27. The summed E-state index contributed by atoms with van der Waals surface area (Å²) in [5, 5.41) is 6.79. The summed E-state index contributed by atoms with van der Waals surface area (Å²) >= 11 is 0. The van der Waals surface area contributed by atoms with E-state index < -0.39 is 10.8 Å². The zero-order chi connectivity index (χ0) is 15.8. The second kappa shape index (κ2) is 8.97. The molecule has 2 N–H and O–H groups in total. The number of nitrogens with zero attached hydrogens (tertiary/aromatic N) is 2. The molecule has 0 bridgehead atoms. The Balaban J connectivity index is 2.86. The highest BCUT2D eigenvalue weighted by atomic mass is 32.2. The van der Waals surface area contributed by atoms with E-state index in [1.165, 1.54) is 0 Å². The van der Waals surface area contributed by atoms with Crippen LogP contribution in [-0.4, -0.2) is 38.8 Å². The third kappa shape index (κ3) is 5.99. The number of aromatic nitrogens is 2. The van der Waals surface area contributed by atoms with Crippen LogP contribution in [0.2, 0.25) is 0 Å². The first-order valence-electron chi connectivity index (χ1n) is 7.65. The molecule has 21 heavy (non-hydrogen) atoms. The van der Waals surface area contributed by atoms with Gasteiger partial charge in [0.15, 0.2) is 0 Å². The number of aryl methyl sites for hydroxylation is 1. The minimum absolute atomic E-state index is 0.242. The van der Waals surface area contributed by atoms with Crippen LogP contribution in [-0.2, 0) is 17.2 Å². The molecular formula is C15H28N4OS. The van der Waals surface area contributed by atoms with Crippen molar-refractivity contribution in [1.29, 1.82) is 0 Å². The fraction of sp³-hybridized carbons (Fsp3) is 0.733. The summed E-state index contributed by atoms with van der Waals surface area (Å²) in [4.78, 5) is 9.15. The standard InChI is InChI=1S/C15H28N4OS/c1-6-9-16-14-12(4)15(19-13(7-2)18-14)17-11(3)8-10-21(5)20/h11H,6-10H2,1-5H3,(H2,16,17,18,19). The molecule has 5 nitrogen and oxygen atoms in total. The van der Waals surface area contributed by atoms with E-state index in [0.717, 1.165) is 48.8 Å². The molecule has 0 fully saturated rings. The average molecular weight is 312 g/mol. The molecule has 0 saturated heterocycles. The number of nitrogens with one attached hydrogen (secondary N) is 2. The summed E-state index contributed by atoms with van der Waals surface area (Å²) in [6.45, 7) is 9.23. The maximum absolute atomic E-state index is 11.2. The molecule has 1 heterocycles. The van der Waals surface area contributed by atoms with Gasteiger partial charge in [-0.05, 0) is 26.7 Å². The van der Waals surface area contributed by atoms with Gasteiger partial charge in [0.25, 0.3) is 0 Å². The van der Waals surface area contributed by atoms with Crippen molar-refractivity contribution in [2.24, 2.45) is 0 Å². The number of hydrogen-bond donors (Lipinski definition) is 2. The summed E-state index contributed by atoms with van der Waals surface area (Å²) in [5.41, 5.74) is 1.05. The van der Waals surface area contributed by atoms with Crippen LogP contribution < -0.4 is 10.6 Å². The van der Waals surface area contributed by atoms with Crippen LogP contribution in [0.4, 0.5) is 11.6 Å². The van der Waals surface area contributed by atoms with Crippen LogP contribution >= 0.6 is 0 Å². The van der Waals surface area contributed by atoms with Crippen molar-refractivity contribution >= 4 is 22.4 Å². The van der Waals surface area contributed by atoms with Crippen LogP contribution in [0.25, 0.3) is 0 Å². The van der Waals surface area contributed by atoms with E-state index in [0.29, 0.717) is 5.75 Å². The van der Waals surface area contributed by atoms with Gasteiger partial charge in [-0.1, -0.05) is 13.8 Å². The van der Waals surface area contributed by atoms with E-state index in [4.69, 9.17) is 0 Å². The first-order valence-corrected chi connectivity index (χ1v) is 9.38. The molecule has 0 radical (unpaired) electrons. The van der Waals surface area contributed by atoms with Crippen molar-refractivity contribution < 1.29 is 4.21 Å². The highest BCUT2D eigenvalue weighted by molar-refractivity contribution is 7.84. The molecule has 1 aromatic rings. The van der Waals surface area contributed by atoms with E-state index in [9.17, 15) is 4.21 Å². The van der Waals surface area contributed by atoms with Gasteiger partial charge in [-0.2, -0.15) is 0 Å². The zero-order valence-electron chi connectivity index (χ0n) is 13.8. The predicted octanol–water partition coefficient (Wildman–Crippen LogP) is 2.74. The molecule has 120 valence electrons. The van der Waals surface area contributed by atoms with E-state index in [-0.39, 0.29) is 6.04 Å². The second-order valence-corrected chi connectivity index (χ2v) is 6.91. The fourth-order valence-electron chi connectivity index (χ4n) is 1.93. The van der Waals surface area contributed by atoms with Gasteiger partial charge in [-0.15, -0.1) is 0 Å². The van der Waals surface area contributed by atoms with Gasteiger partial charge in [0.05, 0.1) is 0 Å². The van der Waals surface area contributed by atoms with E-state index in [1.54, 1.807) is 6.26 Å². The van der Waals surface area contributed by atoms with E-state index >= 15 is 0 Å². The van der Waals surface area contributed by atoms with Crippen molar-refractivity contribution in [3.8, 4) is 0 Å². The van der Waals surface area contributed by atoms with Crippen LogP contribution in [0.15, 0.2) is 0 Å². The molecule has 6 heteroatoms. The Morgan fingerprint density at radius 3 is 2.48 bits per heavy atom. The minimum Gasteiger partial charge on any atom is -0.370 e. The Labute approximate surface area is 130 Å². The van der Waals surface area contributed by atoms with Gasteiger partial charge in [0.1, 0.15) is 17.5 Å². The first kappa shape index (κ1) is 17.9. The molecule has 0 aromatic carbocycles. The summed E-state index contributed by atoms with van der Waals surface area (Å²) in [5.74, 6) is 3.35. The normalized spacial score (nSPS) is 13.8. The van der Waals surface area contributed by atoms with Crippen LogP contribution in [0.5, 0.6) is 0 Å². The molecule has 0 amide bonds. The average Bonchev–Trinajstić information content (AvgIpc) is 2.45. The highest BCUT2D eigenvalue weighted by Gasteiger charge is 2.12. The zero-order valence-corrected chi connectivity index (χ0v) is 14.6. The second-order valence-electron chi connectivity index (χ2n) is 5.35. The van der Waals surface area contributed by atoms with Crippen molar-refractivity contribution in [3.05, 3.63) is 11.4 Å². The van der Waals surface area contributed by atoms with Gasteiger partial charge >= 0.3 is 0 Å². The lowest BCUT2D eigenvalue weighted by atomic mass is 10.2. The van der Waals surface area contributed by atoms with Crippen molar-refractivity contribution in [2.75, 3.05) is 29.2 Å². The van der Waals surface area contributed by atoms with Crippen LogP contribution in [0.3, 0.4) is 0 Å². The third-order valence-corrected chi connectivity index (χ3v) is 4.08. The molecule has 0 aliphatic carbocycles. The quantitative estimate of drug-likeness (QED) is 0.734. The Bertz CT molecular complexity index is 479. The van der Waals surface area contributed by atoms with Gasteiger partial charge in [-0.25, -0.2) is 9.97 Å². The van der Waals surface area contributed by atoms with Gasteiger partial charge in [0.2, 0.25) is 0 Å². The monoisotopic (exact) mass is 312 g/mol. The summed E-state index contributed by atoms with van der Waals surface area (Å²) < 4.78 is 11.2. The lowest BCUT2D eigenvalue weighted by molar-refractivity contribution is 0.678. The smallest absolute Gasteiger partial charge is 0.134 e. The van der Waals surface area contributed by atoms with Gasteiger partial charge in [0, 0.05) is 47.4 Å². The largest absolute Gasteiger partial charge is 0.370 e. The molecular weight excluding hydrogens is 284 g/mol.